The molecule has 1 aliphatic rings. The first-order chi connectivity index (χ1) is 8.95. The topological polar surface area (TPSA) is 63.2 Å². The molecule has 0 aromatic heterocycles. The van der Waals surface area contributed by atoms with E-state index in [4.69, 9.17) is 0 Å². The van der Waals surface area contributed by atoms with Gasteiger partial charge in [-0.1, -0.05) is 6.92 Å². The Morgan fingerprint density at radius 2 is 2.11 bits per heavy atom. The van der Waals surface area contributed by atoms with Gasteiger partial charge < -0.3 is 0 Å². The van der Waals surface area contributed by atoms with E-state index in [-0.39, 0.29) is 23.8 Å². The smallest absolute Gasteiger partial charge is 0.243 e. The molecule has 19 heavy (non-hydrogen) atoms. The number of ketones is 1. The summed E-state index contributed by atoms with van der Waals surface area (Å²) in [6.45, 7) is 2.05. The number of hydrogen-bond donors (Lipinski definition) is 1. The maximum Gasteiger partial charge on any atom is 0.243 e. The van der Waals surface area contributed by atoms with Crippen LogP contribution >= 0.6 is 0 Å². The van der Waals surface area contributed by atoms with Gasteiger partial charge in [-0.25, -0.2) is 17.5 Å². The molecule has 0 aliphatic heterocycles. The van der Waals surface area contributed by atoms with Crippen LogP contribution in [0.15, 0.2) is 23.1 Å². The first-order valence-electron chi connectivity index (χ1n) is 6.29. The number of Topliss-reactive ketones (excluding diaryl/α,β-unsaturated/α-hetero) is 1. The first kappa shape index (κ1) is 14.1. The molecule has 0 heterocycles. The number of carbonyl (C=O) groups is 1. The van der Waals surface area contributed by atoms with Crippen LogP contribution in [0.3, 0.4) is 0 Å². The number of nitrogens with one attached hydrogen (secondary N) is 1. The van der Waals surface area contributed by atoms with Crippen LogP contribution in [0.1, 0.15) is 36.5 Å². The maximum absolute atomic E-state index is 13.6. The number of rotatable bonds is 6. The molecule has 2 rings (SSSR count). The van der Waals surface area contributed by atoms with Gasteiger partial charge in [-0.05, 0) is 37.5 Å². The number of benzene rings is 1. The molecule has 0 spiro atoms. The average molecular weight is 285 g/mol. The van der Waals surface area contributed by atoms with Crippen LogP contribution in [0.25, 0.3) is 0 Å². The summed E-state index contributed by atoms with van der Waals surface area (Å²) in [6.07, 6.45) is 2.26. The van der Waals surface area contributed by atoms with Crippen LogP contribution in [0, 0.1) is 11.7 Å². The zero-order chi connectivity index (χ0) is 14.0. The van der Waals surface area contributed by atoms with E-state index in [1.807, 2.05) is 6.92 Å². The molecule has 0 unspecified atom stereocenters. The van der Waals surface area contributed by atoms with Crippen molar-refractivity contribution in [3.8, 4) is 0 Å². The third kappa shape index (κ3) is 3.19. The van der Waals surface area contributed by atoms with Crippen molar-refractivity contribution in [3.63, 3.8) is 0 Å². The Balaban J connectivity index is 2.33. The Bertz CT molecular complexity index is 594. The lowest BCUT2D eigenvalue weighted by atomic mass is 10.1. The van der Waals surface area contributed by atoms with Crippen molar-refractivity contribution in [2.45, 2.75) is 31.1 Å². The predicted octanol–water partition coefficient (Wildman–Crippen LogP) is 2.11. The second-order valence-corrected chi connectivity index (χ2v) is 6.42. The molecule has 6 heteroatoms. The fraction of sp³-hybridized carbons (Fsp3) is 0.462. The Morgan fingerprint density at radius 3 is 2.68 bits per heavy atom. The number of carbonyl (C=O) groups excluding carboxylic acids is 1. The molecule has 0 saturated heterocycles. The zero-order valence-corrected chi connectivity index (χ0v) is 11.5. The molecule has 104 valence electrons. The summed E-state index contributed by atoms with van der Waals surface area (Å²) < 4.78 is 39.8. The van der Waals surface area contributed by atoms with E-state index in [1.165, 1.54) is 6.07 Å². The first-order valence-corrected chi connectivity index (χ1v) is 7.77. The molecule has 0 bridgehead atoms. The van der Waals surface area contributed by atoms with Crippen molar-refractivity contribution in [2.24, 2.45) is 5.92 Å². The van der Waals surface area contributed by atoms with E-state index < -0.39 is 20.7 Å². The predicted molar refractivity (Wildman–Crippen MR) is 68.9 cm³/mol. The Kier molecular flexibility index (Phi) is 4.01. The van der Waals surface area contributed by atoms with Crippen molar-refractivity contribution in [2.75, 3.05) is 6.54 Å². The van der Waals surface area contributed by atoms with Gasteiger partial charge in [-0.15, -0.1) is 0 Å². The SMILES string of the molecule is CCCNS(=O)(=O)c1cc(C(=O)C2CC2)ccc1F. The van der Waals surface area contributed by atoms with Crippen LogP contribution in [0.2, 0.25) is 0 Å². The van der Waals surface area contributed by atoms with Gasteiger partial charge >= 0.3 is 0 Å². The molecular formula is C13H16FNO3S. The zero-order valence-electron chi connectivity index (χ0n) is 10.6. The minimum Gasteiger partial charge on any atom is -0.294 e. The van der Waals surface area contributed by atoms with Gasteiger partial charge in [0.05, 0.1) is 0 Å². The molecule has 0 atom stereocenters. The second-order valence-electron chi connectivity index (χ2n) is 4.68. The average Bonchev–Trinajstić information content (AvgIpc) is 3.20. The van der Waals surface area contributed by atoms with Gasteiger partial charge in [0.25, 0.3) is 0 Å². The molecule has 1 aromatic rings. The molecule has 0 amide bonds. The fourth-order valence-electron chi connectivity index (χ4n) is 1.76. The summed E-state index contributed by atoms with van der Waals surface area (Å²) in [5.74, 6) is -0.965. The largest absolute Gasteiger partial charge is 0.294 e. The molecule has 1 fully saturated rings. The summed E-state index contributed by atoms with van der Waals surface area (Å²) in [5.41, 5.74) is 0.265. The fourth-order valence-corrected chi connectivity index (χ4v) is 2.99. The quantitative estimate of drug-likeness (QED) is 0.814. The van der Waals surface area contributed by atoms with Crippen LogP contribution in [-0.2, 0) is 10.0 Å². The molecule has 1 N–H and O–H groups in total. The molecule has 1 aromatic carbocycles. The molecule has 4 nitrogen and oxygen atoms in total. The summed E-state index contributed by atoms with van der Waals surface area (Å²) in [6, 6.07) is 3.51. The number of halogens is 1. The van der Waals surface area contributed by atoms with Gasteiger partial charge in [-0.2, -0.15) is 0 Å². The van der Waals surface area contributed by atoms with Crippen molar-refractivity contribution >= 4 is 15.8 Å². The summed E-state index contributed by atoms with van der Waals surface area (Å²) in [7, 11) is -3.89. The molecule has 0 radical (unpaired) electrons. The molecule has 1 aliphatic carbocycles. The normalized spacial score (nSPS) is 15.5. The van der Waals surface area contributed by atoms with Gasteiger partial charge in [0.1, 0.15) is 10.7 Å². The summed E-state index contributed by atoms with van der Waals surface area (Å²) >= 11 is 0. The second kappa shape index (κ2) is 5.38. The van der Waals surface area contributed by atoms with E-state index >= 15 is 0 Å². The van der Waals surface area contributed by atoms with Gasteiger partial charge in [0.2, 0.25) is 10.0 Å². The van der Waals surface area contributed by atoms with Crippen molar-refractivity contribution in [1.29, 1.82) is 0 Å². The Labute approximate surface area is 112 Å². The highest BCUT2D eigenvalue weighted by Crippen LogP contribution is 2.33. The van der Waals surface area contributed by atoms with Crippen LogP contribution in [0.5, 0.6) is 0 Å². The molecule has 1 saturated carbocycles. The van der Waals surface area contributed by atoms with E-state index in [2.05, 4.69) is 4.72 Å². The van der Waals surface area contributed by atoms with Crippen molar-refractivity contribution in [1.82, 2.24) is 4.72 Å². The van der Waals surface area contributed by atoms with E-state index in [1.54, 1.807) is 0 Å². The van der Waals surface area contributed by atoms with Crippen LogP contribution in [-0.4, -0.2) is 20.7 Å². The Morgan fingerprint density at radius 1 is 1.42 bits per heavy atom. The maximum atomic E-state index is 13.6. The van der Waals surface area contributed by atoms with Gasteiger partial charge in [0, 0.05) is 18.0 Å². The van der Waals surface area contributed by atoms with Crippen molar-refractivity contribution < 1.29 is 17.6 Å². The minimum atomic E-state index is -3.89. The standard InChI is InChI=1S/C13H16FNO3S/c1-2-7-15-19(17,18)12-8-10(5-6-11(12)14)13(16)9-3-4-9/h5-6,8-9,15H,2-4,7H2,1H3. The van der Waals surface area contributed by atoms with Gasteiger partial charge in [0.15, 0.2) is 5.78 Å². The summed E-state index contributed by atoms with van der Waals surface area (Å²) in [5, 5.41) is 0. The highest BCUT2D eigenvalue weighted by atomic mass is 32.2. The monoisotopic (exact) mass is 285 g/mol. The third-order valence-electron chi connectivity index (χ3n) is 3.00. The highest BCUT2D eigenvalue weighted by molar-refractivity contribution is 7.89. The minimum absolute atomic E-state index is 0.0235. The van der Waals surface area contributed by atoms with Crippen LogP contribution in [0.4, 0.5) is 4.39 Å². The van der Waals surface area contributed by atoms with Crippen molar-refractivity contribution in [3.05, 3.63) is 29.6 Å². The molecular weight excluding hydrogens is 269 g/mol. The lowest BCUT2D eigenvalue weighted by molar-refractivity contribution is 0.0967. The van der Waals surface area contributed by atoms with Crippen LogP contribution < -0.4 is 4.72 Å². The number of sulfonamides is 1. The Hall–Kier alpha value is -1.27. The number of hydrogen-bond acceptors (Lipinski definition) is 3. The highest BCUT2D eigenvalue weighted by Gasteiger charge is 2.31. The van der Waals surface area contributed by atoms with E-state index in [0.29, 0.717) is 6.42 Å². The van der Waals surface area contributed by atoms with E-state index in [9.17, 15) is 17.6 Å². The third-order valence-corrected chi connectivity index (χ3v) is 4.47. The lowest BCUT2D eigenvalue weighted by Crippen LogP contribution is -2.25. The lowest BCUT2D eigenvalue weighted by Gasteiger charge is -2.08. The summed E-state index contributed by atoms with van der Waals surface area (Å²) in [4.78, 5) is 11.4. The van der Waals surface area contributed by atoms with E-state index in [0.717, 1.165) is 25.0 Å². The van der Waals surface area contributed by atoms with Gasteiger partial charge in [-0.3, -0.25) is 4.79 Å².